The summed E-state index contributed by atoms with van der Waals surface area (Å²) in [5, 5.41) is 0.942. The van der Waals surface area contributed by atoms with Crippen molar-refractivity contribution in [2.45, 2.75) is 24.9 Å². The van der Waals surface area contributed by atoms with Gasteiger partial charge in [-0.3, -0.25) is 9.69 Å². The SMILES string of the molecule is COC(=O)C1=C(C)N(c2ccccc2)C(=O)/C1=C/c1ccc(CN(Cc2ccc(Cl)cc2)S(=O)(=O)c2ccc(Cl)cc2)o1. The summed E-state index contributed by atoms with van der Waals surface area (Å²) in [5.41, 5.74) is 1.95. The van der Waals surface area contributed by atoms with Crippen LogP contribution in [0.4, 0.5) is 5.69 Å². The summed E-state index contributed by atoms with van der Waals surface area (Å²) in [7, 11) is -2.73. The highest BCUT2D eigenvalue weighted by atomic mass is 35.5. The number of para-hydroxylation sites is 1. The molecule has 0 aliphatic carbocycles. The van der Waals surface area contributed by atoms with Crippen molar-refractivity contribution in [2.24, 2.45) is 0 Å². The molecule has 0 N–H and O–H groups in total. The fourth-order valence-electron chi connectivity index (χ4n) is 4.72. The molecule has 3 aromatic carbocycles. The Labute approximate surface area is 259 Å². The zero-order valence-electron chi connectivity index (χ0n) is 23.2. The summed E-state index contributed by atoms with van der Waals surface area (Å²) in [5.74, 6) is -0.496. The number of ether oxygens (including phenoxy) is 1. The molecule has 0 atom stereocenters. The maximum Gasteiger partial charge on any atom is 0.340 e. The summed E-state index contributed by atoms with van der Waals surface area (Å²) >= 11 is 12.0. The normalized spacial score (nSPS) is 14.7. The van der Waals surface area contributed by atoms with Gasteiger partial charge >= 0.3 is 5.97 Å². The largest absolute Gasteiger partial charge is 0.465 e. The van der Waals surface area contributed by atoms with E-state index in [1.165, 1.54) is 46.7 Å². The van der Waals surface area contributed by atoms with E-state index in [4.69, 9.17) is 32.4 Å². The number of amides is 1. The van der Waals surface area contributed by atoms with E-state index in [0.717, 1.165) is 5.56 Å². The molecule has 4 aromatic rings. The van der Waals surface area contributed by atoms with Crippen LogP contribution in [0, 0.1) is 0 Å². The topological polar surface area (TPSA) is 97.1 Å². The van der Waals surface area contributed by atoms with Crippen LogP contribution in [0.25, 0.3) is 6.08 Å². The third kappa shape index (κ3) is 6.45. The number of carbonyl (C=O) groups is 2. The number of allylic oxidation sites excluding steroid dienone is 1. The van der Waals surface area contributed by atoms with Crippen LogP contribution in [0.3, 0.4) is 0 Å². The number of anilines is 1. The van der Waals surface area contributed by atoms with E-state index in [1.807, 2.05) is 6.07 Å². The molecule has 220 valence electrons. The minimum atomic E-state index is -3.98. The molecular formula is C32H26Cl2N2O6S. The number of benzene rings is 3. The zero-order chi connectivity index (χ0) is 30.7. The number of nitrogens with zero attached hydrogens (tertiary/aromatic N) is 2. The minimum absolute atomic E-state index is 0.0399. The third-order valence-electron chi connectivity index (χ3n) is 6.83. The lowest BCUT2D eigenvalue weighted by Crippen LogP contribution is -2.30. The molecule has 0 bridgehead atoms. The van der Waals surface area contributed by atoms with Gasteiger partial charge in [-0.15, -0.1) is 0 Å². The number of methoxy groups -OCH3 is 1. The lowest BCUT2D eigenvalue weighted by atomic mass is 10.1. The molecule has 0 saturated carbocycles. The highest BCUT2D eigenvalue weighted by Crippen LogP contribution is 2.35. The molecule has 8 nitrogen and oxygen atoms in total. The lowest BCUT2D eigenvalue weighted by Gasteiger charge is -2.21. The molecule has 1 aromatic heterocycles. The van der Waals surface area contributed by atoms with Gasteiger partial charge in [0.15, 0.2) is 0 Å². The van der Waals surface area contributed by atoms with E-state index in [0.29, 0.717) is 27.2 Å². The van der Waals surface area contributed by atoms with E-state index in [-0.39, 0.29) is 34.9 Å². The highest BCUT2D eigenvalue weighted by molar-refractivity contribution is 7.89. The van der Waals surface area contributed by atoms with E-state index in [9.17, 15) is 18.0 Å². The standard InChI is InChI=1S/C32H26Cl2N2O6S/c1-21-30(32(38)41-2)29(31(37)36(21)25-6-4-3-5-7-25)18-26-14-15-27(42-26)20-35(19-22-8-10-23(33)11-9-22)43(39,40)28-16-12-24(34)13-17-28/h3-18H,19-20H2,1-2H3/b29-18+. The molecule has 43 heavy (non-hydrogen) atoms. The summed E-state index contributed by atoms with van der Waals surface area (Å²) in [6, 6.07) is 25.0. The average molecular weight is 638 g/mol. The maximum atomic E-state index is 13.7. The Bertz CT molecular complexity index is 1830. The smallest absolute Gasteiger partial charge is 0.340 e. The van der Waals surface area contributed by atoms with Gasteiger partial charge in [-0.25, -0.2) is 13.2 Å². The van der Waals surface area contributed by atoms with Gasteiger partial charge in [0.1, 0.15) is 11.5 Å². The third-order valence-corrected chi connectivity index (χ3v) is 9.14. The number of carbonyl (C=O) groups excluding carboxylic acids is 2. The predicted molar refractivity (Wildman–Crippen MR) is 165 cm³/mol. The quantitative estimate of drug-likeness (QED) is 0.147. The highest BCUT2D eigenvalue weighted by Gasteiger charge is 2.38. The van der Waals surface area contributed by atoms with E-state index in [1.54, 1.807) is 67.6 Å². The zero-order valence-corrected chi connectivity index (χ0v) is 25.5. The Morgan fingerprint density at radius 2 is 1.53 bits per heavy atom. The Balaban J connectivity index is 1.48. The number of hydrogen-bond acceptors (Lipinski definition) is 6. The molecule has 2 heterocycles. The van der Waals surface area contributed by atoms with Crippen molar-refractivity contribution in [3.63, 3.8) is 0 Å². The molecule has 11 heteroatoms. The van der Waals surface area contributed by atoms with Gasteiger partial charge in [0.05, 0.1) is 29.7 Å². The molecule has 5 rings (SSSR count). The monoisotopic (exact) mass is 636 g/mol. The van der Waals surface area contributed by atoms with E-state index >= 15 is 0 Å². The first-order valence-electron chi connectivity index (χ1n) is 13.1. The number of furan rings is 1. The molecular weight excluding hydrogens is 611 g/mol. The Morgan fingerprint density at radius 3 is 2.16 bits per heavy atom. The molecule has 0 radical (unpaired) electrons. The fraction of sp³-hybridized carbons (Fsp3) is 0.125. The van der Waals surface area contributed by atoms with Crippen molar-refractivity contribution in [3.8, 4) is 0 Å². The Morgan fingerprint density at radius 1 is 0.907 bits per heavy atom. The van der Waals surface area contributed by atoms with Crippen LogP contribution in [0.1, 0.15) is 24.0 Å². The Kier molecular flexibility index (Phi) is 8.89. The second kappa shape index (κ2) is 12.6. The van der Waals surface area contributed by atoms with Gasteiger partial charge in [0.25, 0.3) is 5.91 Å². The number of esters is 1. The van der Waals surface area contributed by atoms with Gasteiger partial charge in [0, 0.05) is 28.0 Å². The van der Waals surface area contributed by atoms with Crippen LogP contribution in [0.2, 0.25) is 10.0 Å². The van der Waals surface area contributed by atoms with Crippen molar-refractivity contribution in [2.75, 3.05) is 12.0 Å². The molecule has 0 saturated heterocycles. The van der Waals surface area contributed by atoms with Crippen LogP contribution in [-0.4, -0.2) is 31.7 Å². The average Bonchev–Trinajstić information content (AvgIpc) is 3.54. The predicted octanol–water partition coefficient (Wildman–Crippen LogP) is 6.85. The number of halogens is 2. The van der Waals surface area contributed by atoms with Crippen LogP contribution in [-0.2, 0) is 37.4 Å². The minimum Gasteiger partial charge on any atom is -0.465 e. The van der Waals surface area contributed by atoms with E-state index in [2.05, 4.69) is 0 Å². The van der Waals surface area contributed by atoms with Crippen molar-refractivity contribution in [1.82, 2.24) is 4.31 Å². The maximum absolute atomic E-state index is 13.7. The molecule has 1 aliphatic rings. The molecule has 0 fully saturated rings. The second-order valence-electron chi connectivity index (χ2n) is 9.64. The van der Waals surface area contributed by atoms with Crippen LogP contribution in [0.5, 0.6) is 0 Å². The molecule has 1 amide bonds. The van der Waals surface area contributed by atoms with Gasteiger partial charge in [0.2, 0.25) is 10.0 Å². The van der Waals surface area contributed by atoms with Crippen molar-refractivity contribution in [3.05, 3.63) is 135 Å². The van der Waals surface area contributed by atoms with Gasteiger partial charge in [-0.1, -0.05) is 53.5 Å². The van der Waals surface area contributed by atoms with Crippen LogP contribution >= 0.6 is 23.2 Å². The number of rotatable bonds is 9. The lowest BCUT2D eigenvalue weighted by molar-refractivity contribution is -0.136. The first-order chi connectivity index (χ1) is 20.6. The van der Waals surface area contributed by atoms with Crippen LogP contribution < -0.4 is 4.90 Å². The Hall–Kier alpha value is -4.15. The van der Waals surface area contributed by atoms with E-state index < -0.39 is 21.9 Å². The van der Waals surface area contributed by atoms with Gasteiger partial charge < -0.3 is 9.15 Å². The van der Waals surface area contributed by atoms with Crippen molar-refractivity contribution < 1.29 is 27.2 Å². The van der Waals surface area contributed by atoms with Crippen molar-refractivity contribution in [1.29, 1.82) is 0 Å². The summed E-state index contributed by atoms with van der Waals surface area (Å²) in [6.07, 6.45) is 1.46. The summed E-state index contributed by atoms with van der Waals surface area (Å²) in [6.45, 7) is 1.60. The molecule has 0 unspecified atom stereocenters. The van der Waals surface area contributed by atoms with Gasteiger partial charge in [-0.2, -0.15) is 4.31 Å². The van der Waals surface area contributed by atoms with Crippen molar-refractivity contribution >= 4 is 56.9 Å². The molecule has 0 spiro atoms. The van der Waals surface area contributed by atoms with Crippen LogP contribution in [0.15, 0.2) is 117 Å². The number of sulfonamides is 1. The summed E-state index contributed by atoms with van der Waals surface area (Å²) in [4.78, 5) is 27.8. The second-order valence-corrected chi connectivity index (χ2v) is 12.5. The fourth-order valence-corrected chi connectivity index (χ4v) is 6.36. The first-order valence-corrected chi connectivity index (χ1v) is 15.3. The first kappa shape index (κ1) is 30.3. The summed E-state index contributed by atoms with van der Waals surface area (Å²) < 4.78 is 39.7. The number of hydrogen-bond donors (Lipinski definition) is 0. The molecule has 1 aliphatic heterocycles. The van der Waals surface area contributed by atoms with Gasteiger partial charge in [-0.05, 0) is 79.2 Å².